The van der Waals surface area contributed by atoms with Crippen molar-refractivity contribution in [2.45, 2.75) is 113 Å². The highest BCUT2D eigenvalue weighted by molar-refractivity contribution is 8.76. The number of rotatable bonds is 20. The van der Waals surface area contributed by atoms with E-state index in [1.54, 1.807) is 48.5 Å². The number of nitrogens with one attached hydrogen (secondary N) is 8. The Hall–Kier alpha value is -7.62. The van der Waals surface area contributed by atoms with Crippen LogP contribution < -0.4 is 65.5 Å². The van der Waals surface area contributed by atoms with Crippen LogP contribution in [0.2, 0.25) is 5.02 Å². The van der Waals surface area contributed by atoms with Gasteiger partial charge in [0.1, 0.15) is 53.8 Å². The number of halogens is 1. The molecule has 0 bridgehead atoms. The summed E-state index contributed by atoms with van der Waals surface area (Å²) < 4.78 is 0. The van der Waals surface area contributed by atoms with Gasteiger partial charge in [0.25, 0.3) is 0 Å². The Morgan fingerprint density at radius 1 is 0.642 bits per heavy atom. The minimum atomic E-state index is -1.76. The number of primary amides is 2. The first-order chi connectivity index (χ1) is 38.6. The summed E-state index contributed by atoms with van der Waals surface area (Å²) in [6.07, 6.45) is -1.50. The molecule has 436 valence electrons. The first kappa shape index (κ1) is 64.2. The molecule has 1 heterocycles. The summed E-state index contributed by atoms with van der Waals surface area (Å²) in [5, 5.41) is 52.3. The molecule has 1 fully saturated rings. The van der Waals surface area contributed by atoms with Gasteiger partial charge < -0.3 is 80.8 Å². The minimum Gasteiger partial charge on any atom is -0.508 e. The SMILES string of the molecule is C[C@@H](O)[C@@H]1NC(=O)[C@H](CCCCN)NC(=O)[C@@H](Cc2ccc(CNC(N)=O)cc2)NC(=O)[C@H](Cc2ccc(O)cc2)NC(=O)[C@H](NC(=O)[C@@H](N)Cc2ccc(Cl)cc2)CSSC[C@@H](C(=O)N[C@H](Cc2ccc(O)cc2)C(N)=O)NC1=O. The molecule has 0 saturated carbocycles. The first-order valence-corrected chi connectivity index (χ1v) is 28.7. The number of amides is 10. The molecule has 1 saturated heterocycles. The molecular weight excluding hydrogens is 1110 g/mol. The van der Waals surface area contributed by atoms with E-state index < -0.39 is 108 Å². The Labute approximate surface area is 480 Å². The van der Waals surface area contributed by atoms with E-state index in [1.807, 2.05) is 0 Å². The Morgan fingerprint density at radius 3 is 1.69 bits per heavy atom. The second-order valence-corrected chi connectivity index (χ2v) is 22.3. The number of carbonyl (C=O) groups excluding carboxylic acids is 9. The number of aromatic hydroxyl groups is 2. The van der Waals surface area contributed by atoms with Gasteiger partial charge in [-0.1, -0.05) is 93.9 Å². The monoisotopic (exact) mass is 1180 g/mol. The van der Waals surface area contributed by atoms with Crippen LogP contribution >= 0.6 is 33.2 Å². The predicted molar refractivity (Wildman–Crippen MR) is 306 cm³/mol. The summed E-state index contributed by atoms with van der Waals surface area (Å²) in [6, 6.07) is 12.3. The zero-order valence-corrected chi connectivity index (χ0v) is 46.6. The highest BCUT2D eigenvalue weighted by Crippen LogP contribution is 2.24. The summed E-state index contributed by atoms with van der Waals surface area (Å²) in [7, 11) is 1.91. The van der Waals surface area contributed by atoms with Crippen LogP contribution in [-0.2, 0) is 70.6 Å². The van der Waals surface area contributed by atoms with Crippen LogP contribution in [-0.4, -0.2) is 141 Å². The van der Waals surface area contributed by atoms with E-state index in [2.05, 4.69) is 42.5 Å². The fourth-order valence-electron chi connectivity index (χ4n) is 8.21. The number of phenolic OH excluding ortho intramolecular Hbond substituents is 2. The number of phenols is 2. The normalized spacial score (nSPS) is 20.8. The number of hydrogen-bond acceptors (Lipinski definition) is 16. The molecule has 0 spiro atoms. The Balaban J connectivity index is 1.57. The summed E-state index contributed by atoms with van der Waals surface area (Å²) in [5.74, 6) is -7.99. The molecule has 1 aliphatic rings. The molecule has 4 aromatic carbocycles. The van der Waals surface area contributed by atoms with Crippen LogP contribution in [0.4, 0.5) is 4.79 Å². The van der Waals surface area contributed by atoms with Crippen LogP contribution in [0, 0.1) is 0 Å². The fourth-order valence-corrected chi connectivity index (χ4v) is 10.7. The lowest BCUT2D eigenvalue weighted by atomic mass is 10.00. The van der Waals surface area contributed by atoms with Crippen molar-refractivity contribution < 1.29 is 58.5 Å². The van der Waals surface area contributed by atoms with E-state index in [0.717, 1.165) is 21.6 Å². The highest BCUT2D eigenvalue weighted by atomic mass is 35.5. The van der Waals surface area contributed by atoms with Crippen LogP contribution in [0.25, 0.3) is 0 Å². The quantitative estimate of drug-likeness (QED) is 0.0384. The van der Waals surface area contributed by atoms with Gasteiger partial charge in [0.15, 0.2) is 0 Å². The summed E-state index contributed by atoms with van der Waals surface area (Å²) in [4.78, 5) is 125. The zero-order valence-electron chi connectivity index (χ0n) is 44.2. The molecule has 9 atom stereocenters. The molecule has 10 amide bonds. The molecular formula is C54H69ClN12O12S2. The second kappa shape index (κ2) is 32.0. The predicted octanol–water partition coefficient (Wildman–Crippen LogP) is -0.699. The number of carbonyl (C=O) groups is 9. The van der Waals surface area contributed by atoms with Gasteiger partial charge in [0.05, 0.1) is 12.1 Å². The third kappa shape index (κ3) is 21.4. The molecule has 27 heteroatoms. The molecule has 81 heavy (non-hydrogen) atoms. The lowest BCUT2D eigenvalue weighted by Gasteiger charge is -2.29. The third-order valence-electron chi connectivity index (χ3n) is 12.8. The molecule has 0 radical (unpaired) electrons. The van der Waals surface area contributed by atoms with Crippen LogP contribution in [0.1, 0.15) is 54.0 Å². The maximum absolute atomic E-state index is 14.8. The van der Waals surface area contributed by atoms with Crippen molar-refractivity contribution in [3.05, 3.63) is 130 Å². The fraction of sp³-hybridized carbons (Fsp3) is 0.389. The van der Waals surface area contributed by atoms with Gasteiger partial charge in [0.2, 0.25) is 47.3 Å². The number of unbranched alkanes of at least 4 members (excludes halogenated alkanes) is 1. The van der Waals surface area contributed by atoms with Gasteiger partial charge in [-0.3, -0.25) is 38.4 Å². The van der Waals surface area contributed by atoms with Crippen molar-refractivity contribution >= 4 is 86.5 Å². The molecule has 0 unspecified atom stereocenters. The maximum atomic E-state index is 14.8. The minimum absolute atomic E-state index is 0.0267. The van der Waals surface area contributed by atoms with Gasteiger partial charge in [-0.25, -0.2) is 4.79 Å². The lowest BCUT2D eigenvalue weighted by molar-refractivity contribution is -0.136. The lowest BCUT2D eigenvalue weighted by Crippen LogP contribution is -2.62. The average Bonchev–Trinajstić information content (AvgIpc) is 3.44. The second-order valence-electron chi connectivity index (χ2n) is 19.3. The molecule has 0 aliphatic carbocycles. The van der Waals surface area contributed by atoms with Gasteiger partial charge in [-0.15, -0.1) is 0 Å². The van der Waals surface area contributed by atoms with Crippen LogP contribution in [0.15, 0.2) is 97.1 Å². The van der Waals surface area contributed by atoms with E-state index in [-0.39, 0.29) is 74.6 Å². The third-order valence-corrected chi connectivity index (χ3v) is 15.4. The molecule has 1 aliphatic heterocycles. The average molecular weight is 1180 g/mol. The van der Waals surface area contributed by atoms with Crippen molar-refractivity contribution in [1.29, 1.82) is 0 Å². The zero-order chi connectivity index (χ0) is 59.2. The Morgan fingerprint density at radius 2 is 1.14 bits per heavy atom. The Bertz CT molecular complexity index is 2800. The topological polar surface area (TPSA) is 415 Å². The molecule has 4 aromatic rings. The van der Waals surface area contributed by atoms with Crippen molar-refractivity contribution in [2.24, 2.45) is 22.9 Å². The molecule has 24 nitrogen and oxygen atoms in total. The smallest absolute Gasteiger partial charge is 0.312 e. The van der Waals surface area contributed by atoms with Crippen molar-refractivity contribution in [1.82, 2.24) is 42.5 Å². The van der Waals surface area contributed by atoms with Gasteiger partial charge in [-0.2, -0.15) is 0 Å². The van der Waals surface area contributed by atoms with Gasteiger partial charge >= 0.3 is 6.03 Å². The first-order valence-electron chi connectivity index (χ1n) is 25.8. The van der Waals surface area contributed by atoms with E-state index in [0.29, 0.717) is 39.3 Å². The molecule has 0 aromatic heterocycles. The van der Waals surface area contributed by atoms with E-state index in [1.165, 1.54) is 55.5 Å². The van der Waals surface area contributed by atoms with Crippen molar-refractivity contribution in [2.75, 3.05) is 18.1 Å². The molecule has 19 N–H and O–H groups in total. The van der Waals surface area contributed by atoms with Gasteiger partial charge in [0, 0.05) is 42.3 Å². The van der Waals surface area contributed by atoms with Crippen molar-refractivity contribution in [3.8, 4) is 11.5 Å². The number of benzene rings is 4. The summed E-state index contributed by atoms with van der Waals surface area (Å²) >= 11 is 6.07. The van der Waals surface area contributed by atoms with E-state index in [4.69, 9.17) is 34.5 Å². The largest absolute Gasteiger partial charge is 0.508 e. The van der Waals surface area contributed by atoms with Crippen molar-refractivity contribution in [3.63, 3.8) is 0 Å². The number of aliphatic hydroxyl groups is 1. The number of aliphatic hydroxyl groups excluding tert-OH is 1. The number of hydrogen-bond donors (Lipinski definition) is 15. The van der Waals surface area contributed by atoms with Crippen LogP contribution in [0.3, 0.4) is 0 Å². The summed E-state index contributed by atoms with van der Waals surface area (Å²) in [5.41, 5.74) is 25.9. The Kier molecular flexibility index (Phi) is 25.4. The maximum Gasteiger partial charge on any atom is 0.312 e. The number of urea groups is 1. The number of nitrogens with two attached hydrogens (primary N) is 4. The van der Waals surface area contributed by atoms with Gasteiger partial charge in [-0.05, 0) is 103 Å². The van der Waals surface area contributed by atoms with E-state index >= 15 is 0 Å². The standard InChI is InChI=1S/C54H69ClN12O12S2/c1-29(68)45-53(78)66-44(51(76)62-40(46(58)71)23-32-11-17-36(69)18-12-32)28-81-80-27-43(65-47(72)38(57)22-30-9-15-35(55)16-10-30)52(77)64-42(25-33-13-19-37(70)20-14-33)50(75)63-41(24-31-5-7-34(8-6-31)26-60-54(59)79)49(74)61-39(48(73)67-45)4-2-3-21-56/h5-20,29,38-45,68-70H,2-4,21-28,56-57H2,1H3,(H2,58,71)(H,61,74)(H,62,76)(H,63,75)(H,64,77)(H,65,72)(H,66,78)(H,67,73)(H3,59,60,79)/t29-,38+,39+,40-,41-,42+,43-,44+,45+/m1/s1. The molecule has 5 rings (SSSR count). The summed E-state index contributed by atoms with van der Waals surface area (Å²) in [6.45, 7) is 1.51. The van der Waals surface area contributed by atoms with E-state index in [9.17, 15) is 58.5 Å². The highest BCUT2D eigenvalue weighted by Gasteiger charge is 2.36. The van der Waals surface area contributed by atoms with Crippen LogP contribution in [0.5, 0.6) is 11.5 Å².